The van der Waals surface area contributed by atoms with Crippen molar-refractivity contribution in [1.29, 1.82) is 0 Å². The molecule has 0 unspecified atom stereocenters. The van der Waals surface area contributed by atoms with Crippen LogP contribution in [0, 0.1) is 0 Å². The van der Waals surface area contributed by atoms with E-state index < -0.39 is 48.3 Å². The number of nitrogens with zero attached hydrogens (tertiary/aromatic N) is 3. The number of aromatic nitrogens is 3. The molecule has 224 valence electrons. The third-order valence-corrected chi connectivity index (χ3v) is 8.42. The van der Waals surface area contributed by atoms with Gasteiger partial charge in [0.15, 0.2) is 17.5 Å². The quantitative estimate of drug-likeness (QED) is 0.195. The second kappa shape index (κ2) is 10.5. The highest BCUT2D eigenvalue weighted by molar-refractivity contribution is 6.15. The minimum Gasteiger partial charge on any atom is -0.456 e. The monoisotopic (exact) mass is 624 g/mol. The molecule has 0 spiro atoms. The Morgan fingerprint density at radius 3 is 1.81 bits per heavy atom. The second-order valence-corrected chi connectivity index (χ2v) is 11.3. The molecular formula is C43H25N3O2. The molecule has 5 heteroatoms. The van der Waals surface area contributed by atoms with Crippen LogP contribution in [-0.2, 0) is 0 Å². The zero-order valence-electron chi connectivity index (χ0n) is 33.9. The van der Waals surface area contributed by atoms with E-state index in [4.69, 9.17) is 33.4 Å². The lowest BCUT2D eigenvalue weighted by Crippen LogP contribution is -2.00. The van der Waals surface area contributed by atoms with E-state index in [1.165, 1.54) is 0 Å². The topological polar surface area (TPSA) is 65.0 Å². The Hall–Kier alpha value is -6.59. The summed E-state index contributed by atoms with van der Waals surface area (Å²) in [5.74, 6) is 0.383. The fourth-order valence-electron chi connectivity index (χ4n) is 6.08. The predicted molar refractivity (Wildman–Crippen MR) is 194 cm³/mol. The molecule has 0 atom stereocenters. The van der Waals surface area contributed by atoms with Crippen molar-refractivity contribution < 1.29 is 21.2 Å². The van der Waals surface area contributed by atoms with Gasteiger partial charge in [-0.15, -0.1) is 0 Å². The highest BCUT2D eigenvalue weighted by Crippen LogP contribution is 2.37. The van der Waals surface area contributed by atoms with Crippen LogP contribution in [0.2, 0.25) is 0 Å². The van der Waals surface area contributed by atoms with Crippen LogP contribution in [0.4, 0.5) is 0 Å². The minimum atomic E-state index is -0.564. The number of rotatable bonds is 4. The molecular weight excluding hydrogens is 590 g/mol. The van der Waals surface area contributed by atoms with E-state index in [0.29, 0.717) is 22.3 Å². The van der Waals surface area contributed by atoms with Crippen LogP contribution in [0.1, 0.15) is 12.3 Å². The second-order valence-electron chi connectivity index (χ2n) is 11.3. The van der Waals surface area contributed by atoms with Crippen LogP contribution < -0.4 is 0 Å². The molecule has 0 bridgehead atoms. The molecule has 0 saturated carbocycles. The van der Waals surface area contributed by atoms with Gasteiger partial charge in [-0.05, 0) is 58.9 Å². The van der Waals surface area contributed by atoms with E-state index in [9.17, 15) is 2.74 Å². The van der Waals surface area contributed by atoms with Crippen molar-refractivity contribution in [3.8, 4) is 45.3 Å². The van der Waals surface area contributed by atoms with Gasteiger partial charge in [0.2, 0.25) is 0 Å². The zero-order chi connectivity index (χ0) is 39.4. The van der Waals surface area contributed by atoms with Crippen LogP contribution in [-0.4, -0.2) is 15.0 Å². The third kappa shape index (κ3) is 4.29. The smallest absolute Gasteiger partial charge is 0.164 e. The van der Waals surface area contributed by atoms with Crippen molar-refractivity contribution in [1.82, 2.24) is 15.0 Å². The number of hydrogen-bond acceptors (Lipinski definition) is 5. The first-order valence-electron chi connectivity index (χ1n) is 19.7. The third-order valence-electron chi connectivity index (χ3n) is 8.42. The number of furan rings is 2. The maximum Gasteiger partial charge on any atom is 0.164 e. The largest absolute Gasteiger partial charge is 0.456 e. The molecule has 0 aliphatic carbocycles. The van der Waals surface area contributed by atoms with Gasteiger partial charge in [-0.1, -0.05) is 109 Å². The highest BCUT2D eigenvalue weighted by atomic mass is 16.3. The maximum atomic E-state index is 9.38. The average molecular weight is 625 g/mol. The van der Waals surface area contributed by atoms with Crippen LogP contribution >= 0.6 is 0 Å². The SMILES string of the molecule is [2H]c1c([2H])c([2H])c2c(c1[2H])c([2H])c([2H])c1c2oc2c([2H])c(-c3nc(-c4ccccc4)nc(-c4ccc5c(c4)oc4cc(-c6ccccc6)ccc45)n3)c([2H])c([2H])c21. The summed E-state index contributed by atoms with van der Waals surface area (Å²) in [4.78, 5) is 14.3. The first-order chi connectivity index (χ1) is 27.5. The van der Waals surface area contributed by atoms with Crippen LogP contribution in [0.3, 0.4) is 0 Å². The van der Waals surface area contributed by atoms with E-state index in [2.05, 4.69) is 6.07 Å². The van der Waals surface area contributed by atoms with Crippen molar-refractivity contribution in [3.63, 3.8) is 0 Å². The molecule has 5 nitrogen and oxygen atoms in total. The maximum absolute atomic E-state index is 9.38. The van der Waals surface area contributed by atoms with E-state index in [0.717, 1.165) is 21.9 Å². The summed E-state index contributed by atoms with van der Waals surface area (Å²) in [6.45, 7) is 0. The average Bonchev–Trinajstić information content (AvgIpc) is 3.82. The van der Waals surface area contributed by atoms with Crippen molar-refractivity contribution in [2.75, 3.05) is 0 Å². The molecule has 48 heavy (non-hydrogen) atoms. The van der Waals surface area contributed by atoms with Gasteiger partial charge in [0.05, 0.1) is 12.3 Å². The molecule has 0 fully saturated rings. The number of fused-ring (bicyclic) bond motifs is 8. The van der Waals surface area contributed by atoms with E-state index >= 15 is 0 Å². The lowest BCUT2D eigenvalue weighted by molar-refractivity contribution is 0.669. The first kappa shape index (κ1) is 19.2. The number of hydrogen-bond donors (Lipinski definition) is 0. The summed E-state index contributed by atoms with van der Waals surface area (Å²) in [6.07, 6.45) is 0. The van der Waals surface area contributed by atoms with Crippen LogP contribution in [0.5, 0.6) is 0 Å². The molecule has 0 radical (unpaired) electrons. The Labute approximate surface area is 287 Å². The Bertz CT molecular complexity index is 3350. The van der Waals surface area contributed by atoms with E-state index in [-0.39, 0.29) is 61.8 Å². The summed E-state index contributed by atoms with van der Waals surface area (Å²) in [5.41, 5.74) is 4.06. The van der Waals surface area contributed by atoms with Gasteiger partial charge >= 0.3 is 0 Å². The lowest BCUT2D eigenvalue weighted by atomic mass is 10.0. The van der Waals surface area contributed by atoms with E-state index in [1.807, 2.05) is 91.0 Å². The molecule has 0 aliphatic rings. The Kier molecular flexibility index (Phi) is 4.18. The van der Waals surface area contributed by atoms with Gasteiger partial charge in [-0.3, -0.25) is 0 Å². The van der Waals surface area contributed by atoms with Gasteiger partial charge in [0.25, 0.3) is 0 Å². The molecule has 0 aliphatic heterocycles. The Balaban J connectivity index is 1.20. The molecule has 3 aromatic heterocycles. The molecule has 7 aromatic carbocycles. The summed E-state index contributed by atoms with van der Waals surface area (Å²) in [6, 6.07) is 26.6. The molecule has 0 N–H and O–H groups in total. The number of benzene rings is 7. The normalized spacial score (nSPS) is 14.4. The fourth-order valence-corrected chi connectivity index (χ4v) is 6.08. The van der Waals surface area contributed by atoms with E-state index in [1.54, 1.807) is 0 Å². The van der Waals surface area contributed by atoms with Gasteiger partial charge in [-0.25, -0.2) is 15.0 Å². The Morgan fingerprint density at radius 1 is 0.417 bits per heavy atom. The van der Waals surface area contributed by atoms with Crippen molar-refractivity contribution in [2.24, 2.45) is 0 Å². The van der Waals surface area contributed by atoms with Crippen LogP contribution in [0.25, 0.3) is 99.9 Å². The predicted octanol–water partition coefficient (Wildman–Crippen LogP) is 11.5. The molecule has 0 amide bonds. The zero-order valence-corrected chi connectivity index (χ0v) is 24.9. The molecule has 10 aromatic rings. The minimum absolute atomic E-state index is 0.0824. The summed E-state index contributed by atoms with van der Waals surface area (Å²) in [7, 11) is 0. The lowest BCUT2D eigenvalue weighted by Gasteiger charge is -2.08. The molecule has 10 rings (SSSR count). The van der Waals surface area contributed by atoms with Crippen molar-refractivity contribution >= 4 is 54.6 Å². The molecule has 0 saturated heterocycles. The van der Waals surface area contributed by atoms with Gasteiger partial charge in [-0.2, -0.15) is 0 Å². The van der Waals surface area contributed by atoms with Crippen LogP contribution in [0.15, 0.2) is 160 Å². The first-order valence-corrected chi connectivity index (χ1v) is 15.2. The highest BCUT2D eigenvalue weighted by Gasteiger charge is 2.17. The summed E-state index contributed by atoms with van der Waals surface area (Å²) >= 11 is 0. The standard InChI is InChI=1S/C43H25N3O2/c1-3-9-26(10-4-1)29-16-19-33-34-20-17-30(24-38(34)47-37(33)23-29)42-44-41(28-12-5-2-6-13-28)45-43(46-42)31-18-21-35-36-22-15-27-11-7-8-14-32(27)40(36)48-39(35)25-31/h1-25H/i7D,8D,11D,14D,15D,18D,21D,22D,25D. The van der Waals surface area contributed by atoms with Gasteiger partial charge < -0.3 is 8.83 Å². The van der Waals surface area contributed by atoms with Crippen molar-refractivity contribution in [2.45, 2.75) is 0 Å². The fraction of sp³-hybridized carbons (Fsp3) is 0. The molecule has 3 heterocycles. The Morgan fingerprint density at radius 2 is 1.04 bits per heavy atom. The van der Waals surface area contributed by atoms with Gasteiger partial charge in [0, 0.05) is 43.6 Å². The summed E-state index contributed by atoms with van der Waals surface area (Å²) in [5, 5.41) is 1.28. The summed E-state index contributed by atoms with van der Waals surface area (Å²) < 4.78 is 91.4. The van der Waals surface area contributed by atoms with Gasteiger partial charge in [0.1, 0.15) is 22.3 Å². The van der Waals surface area contributed by atoms with Crippen molar-refractivity contribution in [3.05, 3.63) is 151 Å².